The van der Waals surface area contributed by atoms with Crippen LogP contribution in [0, 0.1) is 0 Å². The van der Waals surface area contributed by atoms with E-state index >= 15 is 0 Å². The molecular weight excluding hydrogens is 288 g/mol. The zero-order chi connectivity index (χ0) is 13.0. The highest BCUT2D eigenvalue weighted by molar-refractivity contribution is 9.10. The zero-order valence-electron chi connectivity index (χ0n) is 10.4. The molecule has 18 heavy (non-hydrogen) atoms. The maximum absolute atomic E-state index is 10.5. The number of benzene rings is 2. The Kier molecular flexibility index (Phi) is 4.20. The third kappa shape index (κ3) is 3.69. The lowest BCUT2D eigenvalue weighted by Gasteiger charge is -2.24. The Bertz CT molecular complexity index is 506. The fourth-order valence-corrected chi connectivity index (χ4v) is 2.58. The Hall–Kier alpha value is -1.12. The molecule has 0 saturated heterocycles. The molecule has 0 heterocycles. The van der Waals surface area contributed by atoms with Crippen LogP contribution < -0.4 is 0 Å². The van der Waals surface area contributed by atoms with E-state index in [1.165, 1.54) is 0 Å². The SMILES string of the molecule is CC(O)(Cc1ccccc1)Cc1ccccc1Br. The van der Waals surface area contributed by atoms with Gasteiger partial charge in [-0.2, -0.15) is 0 Å². The van der Waals surface area contributed by atoms with Crippen molar-refractivity contribution in [3.05, 3.63) is 70.2 Å². The Labute approximate surface area is 117 Å². The maximum atomic E-state index is 10.5. The molecule has 1 nitrogen and oxygen atoms in total. The van der Waals surface area contributed by atoms with Gasteiger partial charge in [-0.3, -0.25) is 0 Å². The number of aliphatic hydroxyl groups is 1. The Morgan fingerprint density at radius 2 is 1.56 bits per heavy atom. The summed E-state index contributed by atoms with van der Waals surface area (Å²) in [5, 5.41) is 10.5. The van der Waals surface area contributed by atoms with Crippen molar-refractivity contribution in [2.75, 3.05) is 0 Å². The second-order valence-electron chi connectivity index (χ2n) is 4.93. The summed E-state index contributed by atoms with van der Waals surface area (Å²) >= 11 is 3.52. The van der Waals surface area contributed by atoms with Crippen LogP contribution >= 0.6 is 15.9 Å². The molecule has 2 aromatic carbocycles. The molecule has 1 atom stereocenters. The van der Waals surface area contributed by atoms with E-state index in [2.05, 4.69) is 28.1 Å². The molecule has 0 saturated carbocycles. The van der Waals surface area contributed by atoms with Crippen LogP contribution in [0.15, 0.2) is 59.1 Å². The van der Waals surface area contributed by atoms with Gasteiger partial charge in [0.1, 0.15) is 0 Å². The normalized spacial score (nSPS) is 14.2. The Morgan fingerprint density at radius 1 is 0.944 bits per heavy atom. The minimum atomic E-state index is -0.731. The summed E-state index contributed by atoms with van der Waals surface area (Å²) < 4.78 is 1.05. The molecule has 1 N–H and O–H groups in total. The highest BCUT2D eigenvalue weighted by Gasteiger charge is 2.22. The van der Waals surface area contributed by atoms with Gasteiger partial charge in [-0.05, 0) is 24.1 Å². The minimum absolute atomic E-state index is 0.642. The van der Waals surface area contributed by atoms with E-state index in [-0.39, 0.29) is 0 Å². The van der Waals surface area contributed by atoms with Gasteiger partial charge in [0.15, 0.2) is 0 Å². The highest BCUT2D eigenvalue weighted by Crippen LogP contribution is 2.23. The molecule has 0 aliphatic rings. The van der Waals surface area contributed by atoms with Crippen LogP contribution in [-0.2, 0) is 12.8 Å². The molecule has 0 aliphatic heterocycles. The molecule has 1 unspecified atom stereocenters. The van der Waals surface area contributed by atoms with Gasteiger partial charge in [-0.25, -0.2) is 0 Å². The smallest absolute Gasteiger partial charge is 0.0700 e. The van der Waals surface area contributed by atoms with Gasteiger partial charge in [0.05, 0.1) is 5.60 Å². The molecule has 0 fully saturated rings. The van der Waals surface area contributed by atoms with Crippen molar-refractivity contribution in [2.45, 2.75) is 25.4 Å². The van der Waals surface area contributed by atoms with Gasteiger partial charge in [0, 0.05) is 17.3 Å². The molecular formula is C16H17BrO. The van der Waals surface area contributed by atoms with Crippen LogP contribution in [0.5, 0.6) is 0 Å². The lowest BCUT2D eigenvalue weighted by atomic mass is 9.90. The first kappa shape index (κ1) is 13.3. The van der Waals surface area contributed by atoms with E-state index in [1.807, 2.05) is 49.4 Å². The molecule has 0 amide bonds. The van der Waals surface area contributed by atoms with Crippen LogP contribution in [0.25, 0.3) is 0 Å². The van der Waals surface area contributed by atoms with E-state index in [0.717, 1.165) is 15.6 Å². The largest absolute Gasteiger partial charge is 0.389 e. The number of rotatable bonds is 4. The molecule has 0 aromatic heterocycles. The highest BCUT2D eigenvalue weighted by atomic mass is 79.9. The first-order chi connectivity index (χ1) is 8.57. The van der Waals surface area contributed by atoms with Crippen molar-refractivity contribution < 1.29 is 5.11 Å². The van der Waals surface area contributed by atoms with Crippen LogP contribution in [0.4, 0.5) is 0 Å². The van der Waals surface area contributed by atoms with Crippen LogP contribution in [-0.4, -0.2) is 10.7 Å². The lowest BCUT2D eigenvalue weighted by molar-refractivity contribution is 0.0607. The number of hydrogen-bond donors (Lipinski definition) is 1. The first-order valence-corrected chi connectivity index (χ1v) is 6.86. The van der Waals surface area contributed by atoms with E-state index in [4.69, 9.17) is 0 Å². The van der Waals surface area contributed by atoms with Gasteiger partial charge >= 0.3 is 0 Å². The summed E-state index contributed by atoms with van der Waals surface area (Å²) in [6, 6.07) is 18.1. The van der Waals surface area contributed by atoms with E-state index in [9.17, 15) is 5.11 Å². The second-order valence-corrected chi connectivity index (χ2v) is 5.78. The molecule has 94 valence electrons. The molecule has 2 aromatic rings. The van der Waals surface area contributed by atoms with Gasteiger partial charge < -0.3 is 5.11 Å². The summed E-state index contributed by atoms with van der Waals surface area (Å²) in [5.41, 5.74) is 1.57. The number of halogens is 1. The van der Waals surface area contributed by atoms with Crippen LogP contribution in [0.1, 0.15) is 18.1 Å². The standard InChI is InChI=1S/C16H17BrO/c1-16(18,11-13-7-3-2-4-8-13)12-14-9-5-6-10-15(14)17/h2-10,18H,11-12H2,1H3. The van der Waals surface area contributed by atoms with E-state index < -0.39 is 5.60 Å². The van der Waals surface area contributed by atoms with Crippen molar-refractivity contribution in [1.82, 2.24) is 0 Å². The first-order valence-electron chi connectivity index (χ1n) is 6.06. The zero-order valence-corrected chi connectivity index (χ0v) is 12.0. The van der Waals surface area contributed by atoms with Crippen molar-refractivity contribution in [2.24, 2.45) is 0 Å². The van der Waals surface area contributed by atoms with Crippen molar-refractivity contribution >= 4 is 15.9 Å². The predicted molar refractivity (Wildman–Crippen MR) is 78.6 cm³/mol. The number of hydrogen-bond acceptors (Lipinski definition) is 1. The summed E-state index contributed by atoms with van der Waals surface area (Å²) in [6.45, 7) is 1.89. The molecule has 2 rings (SSSR count). The van der Waals surface area contributed by atoms with Gasteiger partial charge in [0.2, 0.25) is 0 Å². The van der Waals surface area contributed by atoms with Gasteiger partial charge in [-0.1, -0.05) is 64.5 Å². The molecule has 2 heteroatoms. The van der Waals surface area contributed by atoms with Gasteiger partial charge in [-0.15, -0.1) is 0 Å². The summed E-state index contributed by atoms with van der Waals surface area (Å²) in [6.07, 6.45) is 1.30. The Balaban J connectivity index is 2.10. The average molecular weight is 305 g/mol. The molecule has 0 radical (unpaired) electrons. The van der Waals surface area contributed by atoms with Crippen LogP contribution in [0.2, 0.25) is 0 Å². The fourth-order valence-electron chi connectivity index (χ4n) is 2.15. The molecule has 0 bridgehead atoms. The molecule has 0 spiro atoms. The fraction of sp³-hybridized carbons (Fsp3) is 0.250. The monoisotopic (exact) mass is 304 g/mol. The predicted octanol–water partition coefficient (Wildman–Crippen LogP) is 3.99. The lowest BCUT2D eigenvalue weighted by Crippen LogP contribution is -2.30. The summed E-state index contributed by atoms with van der Waals surface area (Å²) in [4.78, 5) is 0. The average Bonchev–Trinajstić information content (AvgIpc) is 2.32. The van der Waals surface area contributed by atoms with Crippen molar-refractivity contribution in [1.29, 1.82) is 0 Å². The van der Waals surface area contributed by atoms with E-state index in [0.29, 0.717) is 12.8 Å². The Morgan fingerprint density at radius 3 is 2.22 bits per heavy atom. The van der Waals surface area contributed by atoms with Crippen LogP contribution in [0.3, 0.4) is 0 Å². The quantitative estimate of drug-likeness (QED) is 0.905. The van der Waals surface area contributed by atoms with Crippen molar-refractivity contribution in [3.8, 4) is 0 Å². The van der Waals surface area contributed by atoms with E-state index in [1.54, 1.807) is 0 Å². The third-order valence-corrected chi connectivity index (χ3v) is 3.73. The maximum Gasteiger partial charge on any atom is 0.0700 e. The second kappa shape index (κ2) is 5.68. The van der Waals surface area contributed by atoms with Gasteiger partial charge in [0.25, 0.3) is 0 Å². The summed E-state index contributed by atoms with van der Waals surface area (Å²) in [5.74, 6) is 0. The third-order valence-electron chi connectivity index (χ3n) is 2.96. The molecule has 0 aliphatic carbocycles. The minimum Gasteiger partial charge on any atom is -0.389 e. The van der Waals surface area contributed by atoms with Crippen molar-refractivity contribution in [3.63, 3.8) is 0 Å². The summed E-state index contributed by atoms with van der Waals surface area (Å²) in [7, 11) is 0. The topological polar surface area (TPSA) is 20.2 Å².